The maximum atomic E-state index is 10.5. The number of phenolic OH excluding ortho intramolecular Hbond substituents is 1. The van der Waals surface area contributed by atoms with Gasteiger partial charge in [0.15, 0.2) is 0 Å². The van der Waals surface area contributed by atoms with Crippen molar-refractivity contribution in [3.8, 4) is 50.6 Å². The summed E-state index contributed by atoms with van der Waals surface area (Å²) in [7, 11) is 4.12. The van der Waals surface area contributed by atoms with Gasteiger partial charge in [0, 0.05) is 42.7 Å². The van der Waals surface area contributed by atoms with E-state index in [4.69, 9.17) is 4.98 Å². The number of para-hydroxylation sites is 1. The van der Waals surface area contributed by atoms with E-state index in [-0.39, 0.29) is 5.75 Å². The van der Waals surface area contributed by atoms with E-state index in [0.29, 0.717) is 0 Å². The molecule has 5 aromatic rings. The van der Waals surface area contributed by atoms with Crippen molar-refractivity contribution in [1.29, 1.82) is 0 Å². The van der Waals surface area contributed by atoms with E-state index in [0.717, 1.165) is 46.6 Å². The molecule has 1 aliphatic carbocycles. The molecule has 0 saturated heterocycles. The average Bonchev–Trinajstić information content (AvgIpc) is 2.93. The van der Waals surface area contributed by atoms with Crippen molar-refractivity contribution in [1.82, 2.24) is 9.97 Å². The highest BCUT2D eigenvalue weighted by Crippen LogP contribution is 2.42. The van der Waals surface area contributed by atoms with Gasteiger partial charge in [-0.25, -0.2) is 4.98 Å². The second-order valence-corrected chi connectivity index (χ2v) is 9.43. The molecule has 176 valence electrons. The highest BCUT2D eigenvalue weighted by Gasteiger charge is 2.23. The number of fused-ring (bicyclic) bond motifs is 3. The number of pyridine rings is 2. The summed E-state index contributed by atoms with van der Waals surface area (Å²) in [6.45, 7) is 0. The number of hydrogen-bond donors (Lipinski definition) is 1. The molecule has 0 bridgehead atoms. The summed E-state index contributed by atoms with van der Waals surface area (Å²) < 4.78 is 0. The molecule has 0 atom stereocenters. The van der Waals surface area contributed by atoms with Gasteiger partial charge >= 0.3 is 0 Å². The number of rotatable bonds is 4. The predicted octanol–water partition coefficient (Wildman–Crippen LogP) is 7.01. The molecule has 4 nitrogen and oxygen atoms in total. The number of hydrogen-bond acceptors (Lipinski definition) is 4. The zero-order chi connectivity index (χ0) is 24.6. The van der Waals surface area contributed by atoms with Crippen LogP contribution in [0.4, 0.5) is 5.69 Å². The van der Waals surface area contributed by atoms with E-state index in [1.165, 1.54) is 27.9 Å². The van der Waals surface area contributed by atoms with Crippen LogP contribution >= 0.6 is 0 Å². The first-order valence-electron chi connectivity index (χ1n) is 12.2. The van der Waals surface area contributed by atoms with Crippen LogP contribution < -0.4 is 4.90 Å². The fourth-order valence-corrected chi connectivity index (χ4v) is 5.05. The van der Waals surface area contributed by atoms with E-state index in [9.17, 15) is 5.11 Å². The molecule has 3 aromatic carbocycles. The molecule has 6 rings (SSSR count). The van der Waals surface area contributed by atoms with Gasteiger partial charge in [-0.1, -0.05) is 36.4 Å². The largest absolute Gasteiger partial charge is 0.507 e. The van der Waals surface area contributed by atoms with E-state index >= 15 is 0 Å². The number of benzene rings is 3. The predicted molar refractivity (Wildman–Crippen MR) is 147 cm³/mol. The molecule has 1 aliphatic rings. The third-order valence-electron chi connectivity index (χ3n) is 6.96. The minimum absolute atomic E-state index is 0.241. The third kappa shape index (κ3) is 3.91. The summed E-state index contributed by atoms with van der Waals surface area (Å²) in [5.41, 5.74) is 11.8. The van der Waals surface area contributed by atoms with Crippen LogP contribution in [-0.2, 0) is 12.8 Å². The lowest BCUT2D eigenvalue weighted by Gasteiger charge is -2.24. The van der Waals surface area contributed by atoms with Gasteiger partial charge < -0.3 is 10.0 Å². The Labute approximate surface area is 211 Å². The van der Waals surface area contributed by atoms with E-state index < -0.39 is 0 Å². The molecule has 2 heterocycles. The van der Waals surface area contributed by atoms with E-state index in [2.05, 4.69) is 72.5 Å². The van der Waals surface area contributed by atoms with Crippen LogP contribution in [0.15, 0.2) is 97.2 Å². The topological polar surface area (TPSA) is 49.2 Å². The number of aromatic nitrogens is 2. The number of anilines is 1. The summed E-state index contributed by atoms with van der Waals surface area (Å²) >= 11 is 0. The normalized spacial score (nSPS) is 12.1. The van der Waals surface area contributed by atoms with Crippen LogP contribution in [0.25, 0.3) is 44.9 Å². The zero-order valence-corrected chi connectivity index (χ0v) is 20.4. The lowest BCUT2D eigenvalue weighted by atomic mass is 9.82. The molecule has 0 saturated carbocycles. The van der Waals surface area contributed by atoms with Crippen molar-refractivity contribution in [2.75, 3.05) is 19.0 Å². The van der Waals surface area contributed by atoms with Crippen molar-refractivity contribution in [2.24, 2.45) is 0 Å². The Kier molecular flexibility index (Phi) is 5.49. The molecule has 1 N–H and O–H groups in total. The molecule has 0 spiro atoms. The van der Waals surface area contributed by atoms with Gasteiger partial charge in [0.25, 0.3) is 0 Å². The first-order chi connectivity index (χ1) is 17.6. The molecule has 2 aromatic heterocycles. The standard InChI is InChI=1S/C32H27N3O/c1-35(2)24-14-10-21(11-15-24)27-19-23(29-8-5-6-18-33-29)20-28-25(27)16-12-22-13-17-30(34-32(22)28)26-7-3-4-9-31(26)36/h3-11,13-15,17-20,36H,12,16H2,1-2H3. The second-order valence-electron chi connectivity index (χ2n) is 9.43. The fourth-order valence-electron chi connectivity index (χ4n) is 5.05. The monoisotopic (exact) mass is 469 g/mol. The number of phenols is 1. The van der Waals surface area contributed by atoms with Gasteiger partial charge in [0.2, 0.25) is 0 Å². The van der Waals surface area contributed by atoms with Crippen LogP contribution in [0.2, 0.25) is 0 Å². The molecule has 4 heteroatoms. The van der Waals surface area contributed by atoms with Gasteiger partial charge in [0.05, 0.1) is 17.1 Å². The van der Waals surface area contributed by atoms with Crippen molar-refractivity contribution in [3.63, 3.8) is 0 Å². The first kappa shape index (κ1) is 22.1. The molecule has 0 fully saturated rings. The Bertz CT molecular complexity index is 1560. The lowest BCUT2D eigenvalue weighted by Crippen LogP contribution is -2.09. The van der Waals surface area contributed by atoms with Crippen molar-refractivity contribution in [3.05, 3.63) is 108 Å². The average molecular weight is 470 g/mol. The lowest BCUT2D eigenvalue weighted by molar-refractivity contribution is 0.477. The quantitative estimate of drug-likeness (QED) is 0.307. The Balaban J connectivity index is 1.57. The van der Waals surface area contributed by atoms with Crippen LogP contribution in [0, 0.1) is 0 Å². The molecule has 36 heavy (non-hydrogen) atoms. The van der Waals surface area contributed by atoms with Gasteiger partial charge in [-0.3, -0.25) is 4.98 Å². The van der Waals surface area contributed by atoms with Crippen LogP contribution in [0.5, 0.6) is 5.75 Å². The van der Waals surface area contributed by atoms with Crippen molar-refractivity contribution >= 4 is 5.69 Å². The Morgan fingerprint density at radius 3 is 2.22 bits per heavy atom. The van der Waals surface area contributed by atoms with Crippen LogP contribution in [-0.4, -0.2) is 29.2 Å². The van der Waals surface area contributed by atoms with Crippen molar-refractivity contribution in [2.45, 2.75) is 12.8 Å². The summed E-state index contributed by atoms with van der Waals surface area (Å²) in [6.07, 6.45) is 3.72. The SMILES string of the molecule is CN(C)c1ccc(-c2cc(-c3ccccn3)cc3c2CCc2ccc(-c4ccccc4O)nc2-3)cc1. The van der Waals surface area contributed by atoms with Crippen molar-refractivity contribution < 1.29 is 5.11 Å². The molecular weight excluding hydrogens is 442 g/mol. The maximum Gasteiger partial charge on any atom is 0.124 e. The van der Waals surface area contributed by atoms with Gasteiger partial charge in [-0.2, -0.15) is 0 Å². The summed E-state index contributed by atoms with van der Waals surface area (Å²) in [5, 5.41) is 10.5. The third-order valence-corrected chi connectivity index (χ3v) is 6.96. The van der Waals surface area contributed by atoms with Crippen LogP contribution in [0.1, 0.15) is 11.1 Å². The Morgan fingerprint density at radius 2 is 1.47 bits per heavy atom. The highest BCUT2D eigenvalue weighted by molar-refractivity contribution is 5.86. The Morgan fingerprint density at radius 1 is 0.694 bits per heavy atom. The summed E-state index contributed by atoms with van der Waals surface area (Å²) in [5.74, 6) is 0.241. The van der Waals surface area contributed by atoms with E-state index in [1.54, 1.807) is 6.07 Å². The minimum Gasteiger partial charge on any atom is -0.507 e. The second kappa shape index (κ2) is 8.97. The first-order valence-corrected chi connectivity index (χ1v) is 12.2. The summed E-state index contributed by atoms with van der Waals surface area (Å²) in [4.78, 5) is 11.9. The molecule has 0 amide bonds. The molecule has 0 unspecified atom stereocenters. The maximum absolute atomic E-state index is 10.5. The Hall–Kier alpha value is -4.44. The highest BCUT2D eigenvalue weighted by atomic mass is 16.3. The zero-order valence-electron chi connectivity index (χ0n) is 20.4. The van der Waals surface area contributed by atoms with Crippen LogP contribution in [0.3, 0.4) is 0 Å². The molecular formula is C32H27N3O. The number of aromatic hydroxyl groups is 1. The van der Waals surface area contributed by atoms with Gasteiger partial charge in [0.1, 0.15) is 5.75 Å². The summed E-state index contributed by atoms with van der Waals surface area (Å²) in [6, 6.07) is 30.8. The number of nitrogens with zero attached hydrogens (tertiary/aromatic N) is 3. The van der Waals surface area contributed by atoms with Gasteiger partial charge in [-0.15, -0.1) is 0 Å². The van der Waals surface area contributed by atoms with Gasteiger partial charge in [-0.05, 0) is 89.7 Å². The fraction of sp³-hybridized carbons (Fsp3) is 0.125. The molecule has 0 radical (unpaired) electrons. The smallest absolute Gasteiger partial charge is 0.124 e. The number of aryl methyl sites for hydroxylation is 1. The minimum atomic E-state index is 0.241. The molecule has 0 aliphatic heterocycles. The van der Waals surface area contributed by atoms with E-state index in [1.807, 2.05) is 42.6 Å².